The highest BCUT2D eigenvalue weighted by molar-refractivity contribution is 7.10. The van der Waals surface area contributed by atoms with Gasteiger partial charge in [0.15, 0.2) is 0 Å². The molecule has 2 aromatic rings. The molecule has 4 atom stereocenters. The van der Waals surface area contributed by atoms with Gasteiger partial charge >= 0.3 is 0 Å². The van der Waals surface area contributed by atoms with Crippen LogP contribution in [-0.4, -0.2) is 70.7 Å². The molecule has 234 valence electrons. The van der Waals surface area contributed by atoms with Gasteiger partial charge in [-0.1, -0.05) is 59.1 Å². The molecule has 3 aliphatic rings. The Morgan fingerprint density at radius 1 is 1.07 bits per heavy atom. The minimum absolute atomic E-state index is 0.0122. The lowest BCUT2D eigenvalue weighted by atomic mass is 9.82. The van der Waals surface area contributed by atoms with E-state index in [1.807, 2.05) is 36.3 Å². The summed E-state index contributed by atoms with van der Waals surface area (Å²) in [4.78, 5) is 50.5. The van der Waals surface area contributed by atoms with E-state index < -0.39 is 6.04 Å². The molecule has 8 nitrogen and oxygen atoms in total. The molecule has 43 heavy (non-hydrogen) atoms. The van der Waals surface area contributed by atoms with Gasteiger partial charge in [-0.3, -0.25) is 19.3 Å². The second-order valence-corrected chi connectivity index (χ2v) is 14.0. The van der Waals surface area contributed by atoms with E-state index in [9.17, 15) is 14.4 Å². The Morgan fingerprint density at radius 3 is 2.60 bits per heavy atom. The lowest BCUT2D eigenvalue weighted by Crippen LogP contribution is -2.60. The standard InChI is InChI=1S/C34H48N4O4S/c1-5-23(4)32(40)36-30(24-11-7-6-8-12-24)34(41)38-18-26-14-10-16-37(26)19-29(38)33-35-28(21-43-33)31(39)25-13-9-15-27(17-25)42-20-22(2)3/h9,13,15,17,21-24,26,29-30H,5-8,10-12,14,16,18-20H2,1-4H3,(H,36,40)/t23-,26-,29+,30+/m1/s1. The molecule has 1 saturated carbocycles. The van der Waals surface area contributed by atoms with Gasteiger partial charge in [0.2, 0.25) is 17.6 Å². The maximum atomic E-state index is 14.5. The first-order valence-corrected chi connectivity index (χ1v) is 17.2. The van der Waals surface area contributed by atoms with E-state index in [1.54, 1.807) is 12.1 Å². The fraction of sp³-hybridized carbons (Fsp3) is 0.647. The molecule has 0 bridgehead atoms. The highest BCUT2D eigenvalue weighted by Crippen LogP contribution is 2.36. The van der Waals surface area contributed by atoms with Crippen molar-refractivity contribution in [2.75, 3.05) is 26.2 Å². The quantitative estimate of drug-likeness (QED) is 0.321. The predicted octanol–water partition coefficient (Wildman–Crippen LogP) is 5.87. The number of thiazole rings is 1. The van der Waals surface area contributed by atoms with Gasteiger partial charge in [0, 0.05) is 36.0 Å². The van der Waals surface area contributed by atoms with Gasteiger partial charge in [0.05, 0.1) is 12.6 Å². The highest BCUT2D eigenvalue weighted by atomic mass is 32.1. The molecule has 3 fully saturated rings. The van der Waals surface area contributed by atoms with Crippen LogP contribution in [0.25, 0.3) is 0 Å². The number of carbonyl (C=O) groups is 3. The van der Waals surface area contributed by atoms with Crippen LogP contribution >= 0.6 is 11.3 Å². The summed E-state index contributed by atoms with van der Waals surface area (Å²) in [6.07, 6.45) is 8.21. The number of piperazine rings is 1. The van der Waals surface area contributed by atoms with Crippen molar-refractivity contribution in [1.29, 1.82) is 0 Å². The lowest BCUT2D eigenvalue weighted by Gasteiger charge is -2.45. The van der Waals surface area contributed by atoms with Gasteiger partial charge in [-0.05, 0) is 62.6 Å². The van der Waals surface area contributed by atoms with Crippen LogP contribution in [0.5, 0.6) is 5.75 Å². The Bertz CT molecular complexity index is 1270. The van der Waals surface area contributed by atoms with Crippen LogP contribution in [-0.2, 0) is 9.59 Å². The third-order valence-electron chi connectivity index (χ3n) is 9.44. The van der Waals surface area contributed by atoms with E-state index in [4.69, 9.17) is 9.72 Å². The summed E-state index contributed by atoms with van der Waals surface area (Å²) in [5.74, 6) is 0.900. The Balaban J connectivity index is 1.40. The van der Waals surface area contributed by atoms with Crippen molar-refractivity contribution in [2.24, 2.45) is 17.8 Å². The van der Waals surface area contributed by atoms with E-state index in [0.29, 0.717) is 48.7 Å². The molecular formula is C34H48N4O4S. The number of ketones is 1. The number of benzene rings is 1. The minimum atomic E-state index is -0.521. The summed E-state index contributed by atoms with van der Waals surface area (Å²) in [7, 11) is 0. The van der Waals surface area contributed by atoms with Crippen LogP contribution in [0, 0.1) is 17.8 Å². The zero-order valence-electron chi connectivity index (χ0n) is 26.2. The van der Waals surface area contributed by atoms with Crippen molar-refractivity contribution in [3.8, 4) is 5.75 Å². The smallest absolute Gasteiger partial charge is 0.246 e. The molecular weight excluding hydrogens is 560 g/mol. The summed E-state index contributed by atoms with van der Waals surface area (Å²) in [6, 6.07) is 6.84. The summed E-state index contributed by atoms with van der Waals surface area (Å²) in [5, 5.41) is 5.81. The molecule has 5 rings (SSSR count). The van der Waals surface area contributed by atoms with Gasteiger partial charge in [-0.2, -0.15) is 0 Å². The first-order chi connectivity index (χ1) is 20.7. The second-order valence-electron chi connectivity index (χ2n) is 13.1. The highest BCUT2D eigenvalue weighted by Gasteiger charge is 2.44. The zero-order chi connectivity index (χ0) is 30.5. The normalized spacial score (nSPS) is 22.7. The molecule has 1 N–H and O–H groups in total. The number of ether oxygens (including phenoxy) is 1. The lowest BCUT2D eigenvalue weighted by molar-refractivity contribution is -0.144. The van der Waals surface area contributed by atoms with E-state index in [2.05, 4.69) is 24.1 Å². The summed E-state index contributed by atoms with van der Waals surface area (Å²) < 4.78 is 5.85. The van der Waals surface area contributed by atoms with Crippen molar-refractivity contribution in [3.05, 3.63) is 45.9 Å². The Kier molecular flexibility index (Phi) is 10.5. The minimum Gasteiger partial charge on any atom is -0.493 e. The van der Waals surface area contributed by atoms with Crippen molar-refractivity contribution in [3.63, 3.8) is 0 Å². The molecule has 0 unspecified atom stereocenters. The first-order valence-electron chi connectivity index (χ1n) is 16.3. The molecule has 1 aromatic carbocycles. The molecule has 2 saturated heterocycles. The largest absolute Gasteiger partial charge is 0.493 e. The number of nitrogens with one attached hydrogen (secondary N) is 1. The maximum Gasteiger partial charge on any atom is 0.246 e. The molecule has 2 amide bonds. The molecule has 1 aliphatic carbocycles. The summed E-state index contributed by atoms with van der Waals surface area (Å²) in [6.45, 7) is 11.0. The third kappa shape index (κ3) is 7.48. The van der Waals surface area contributed by atoms with Crippen molar-refractivity contribution in [2.45, 2.75) is 97.2 Å². The predicted molar refractivity (Wildman–Crippen MR) is 169 cm³/mol. The number of aromatic nitrogens is 1. The second kappa shape index (κ2) is 14.3. The number of hydrogen-bond acceptors (Lipinski definition) is 7. The molecule has 9 heteroatoms. The number of carbonyl (C=O) groups excluding carboxylic acids is 3. The van der Waals surface area contributed by atoms with E-state index >= 15 is 0 Å². The maximum absolute atomic E-state index is 14.5. The number of rotatable bonds is 11. The zero-order valence-corrected chi connectivity index (χ0v) is 27.0. The molecule has 2 aliphatic heterocycles. The molecule has 1 aromatic heterocycles. The van der Waals surface area contributed by atoms with E-state index in [-0.39, 0.29) is 35.5 Å². The van der Waals surface area contributed by atoms with Crippen LogP contribution in [0.15, 0.2) is 29.6 Å². The number of hydrogen-bond donors (Lipinski definition) is 1. The number of nitrogens with zero attached hydrogens (tertiary/aromatic N) is 3. The summed E-state index contributed by atoms with van der Waals surface area (Å²) >= 11 is 1.45. The van der Waals surface area contributed by atoms with Gasteiger partial charge in [0.25, 0.3) is 0 Å². The Hall–Kier alpha value is -2.78. The van der Waals surface area contributed by atoms with Crippen molar-refractivity contribution >= 4 is 28.9 Å². The molecule has 0 radical (unpaired) electrons. The van der Waals surface area contributed by atoms with E-state index in [1.165, 1.54) is 17.8 Å². The van der Waals surface area contributed by atoms with Gasteiger partial charge in [-0.15, -0.1) is 11.3 Å². The number of amides is 2. The van der Waals surface area contributed by atoms with Crippen LogP contribution < -0.4 is 10.1 Å². The average Bonchev–Trinajstić information content (AvgIpc) is 3.71. The summed E-state index contributed by atoms with van der Waals surface area (Å²) in [5.41, 5.74) is 0.935. The Labute approximate surface area is 260 Å². The van der Waals surface area contributed by atoms with Crippen LogP contribution in [0.2, 0.25) is 0 Å². The number of fused-ring (bicyclic) bond motifs is 1. The first kappa shape index (κ1) is 31.6. The van der Waals surface area contributed by atoms with Gasteiger partial charge < -0.3 is 15.0 Å². The van der Waals surface area contributed by atoms with Crippen LogP contribution in [0.1, 0.15) is 106 Å². The molecule has 0 spiro atoms. The van der Waals surface area contributed by atoms with Crippen molar-refractivity contribution in [1.82, 2.24) is 20.1 Å². The van der Waals surface area contributed by atoms with Crippen LogP contribution in [0.3, 0.4) is 0 Å². The van der Waals surface area contributed by atoms with Crippen molar-refractivity contribution < 1.29 is 19.1 Å². The molecule has 3 heterocycles. The monoisotopic (exact) mass is 608 g/mol. The third-order valence-corrected chi connectivity index (χ3v) is 10.4. The van der Waals surface area contributed by atoms with E-state index in [0.717, 1.165) is 56.5 Å². The van der Waals surface area contributed by atoms with Gasteiger partial charge in [0.1, 0.15) is 22.5 Å². The SMILES string of the molecule is CC[C@@H](C)C(=O)N[C@H](C(=O)N1C[C@H]2CCCN2C[C@H]1c1nc(C(=O)c2cccc(OCC(C)C)c2)cs1)C1CCCCC1. The fourth-order valence-electron chi connectivity index (χ4n) is 6.66. The fourth-order valence-corrected chi connectivity index (χ4v) is 7.57. The average molecular weight is 609 g/mol. The van der Waals surface area contributed by atoms with Crippen LogP contribution in [0.4, 0.5) is 0 Å². The van der Waals surface area contributed by atoms with Gasteiger partial charge in [-0.25, -0.2) is 4.98 Å². The Morgan fingerprint density at radius 2 is 1.86 bits per heavy atom. The topological polar surface area (TPSA) is 91.8 Å².